The minimum Gasteiger partial charge on any atom is -0.486 e. The minimum atomic E-state index is -3.96. The SMILES string of the molecule is CCN1CCN(c2oc(-c3cccc(C)c3)nc2S(=O)(=O)c2ccc3c(c2)OCCO3)CC1. The van der Waals surface area contributed by atoms with E-state index in [0.717, 1.165) is 30.8 Å². The lowest BCUT2D eigenvalue weighted by Crippen LogP contribution is -2.46. The van der Waals surface area contributed by atoms with Crippen LogP contribution in [0.2, 0.25) is 0 Å². The molecule has 0 aliphatic carbocycles. The molecule has 0 unspecified atom stereocenters. The van der Waals surface area contributed by atoms with Crippen molar-refractivity contribution in [2.45, 2.75) is 23.8 Å². The average Bonchev–Trinajstić information content (AvgIpc) is 3.30. The van der Waals surface area contributed by atoms with Gasteiger partial charge in [0.05, 0.1) is 4.90 Å². The number of rotatable bonds is 5. The van der Waals surface area contributed by atoms with Crippen molar-refractivity contribution < 1.29 is 22.3 Å². The summed E-state index contributed by atoms with van der Waals surface area (Å²) >= 11 is 0. The maximum Gasteiger partial charge on any atom is 0.236 e. The van der Waals surface area contributed by atoms with Crippen molar-refractivity contribution in [2.75, 3.05) is 50.8 Å². The molecule has 5 rings (SSSR count). The van der Waals surface area contributed by atoms with Crippen molar-refractivity contribution in [3.05, 3.63) is 48.0 Å². The fourth-order valence-corrected chi connectivity index (χ4v) is 5.48. The van der Waals surface area contributed by atoms with E-state index in [1.165, 1.54) is 12.1 Å². The van der Waals surface area contributed by atoms with Gasteiger partial charge in [-0.25, -0.2) is 8.42 Å². The van der Waals surface area contributed by atoms with Gasteiger partial charge < -0.3 is 23.7 Å². The van der Waals surface area contributed by atoms with Gasteiger partial charge >= 0.3 is 0 Å². The molecule has 1 saturated heterocycles. The van der Waals surface area contributed by atoms with Crippen molar-refractivity contribution in [2.24, 2.45) is 0 Å². The van der Waals surface area contributed by atoms with Crippen LogP contribution in [0.4, 0.5) is 5.88 Å². The Bertz CT molecular complexity index is 1260. The Morgan fingerprint density at radius 3 is 2.45 bits per heavy atom. The molecule has 0 radical (unpaired) electrons. The Balaban J connectivity index is 1.59. The van der Waals surface area contributed by atoms with E-state index in [9.17, 15) is 8.42 Å². The average molecular weight is 470 g/mol. The van der Waals surface area contributed by atoms with Crippen LogP contribution in [0.3, 0.4) is 0 Å². The molecule has 3 heterocycles. The third kappa shape index (κ3) is 4.18. The predicted octanol–water partition coefficient (Wildman–Crippen LogP) is 3.40. The number of oxazole rings is 1. The fourth-order valence-electron chi connectivity index (χ4n) is 4.14. The van der Waals surface area contributed by atoms with Crippen LogP contribution in [0.1, 0.15) is 12.5 Å². The van der Waals surface area contributed by atoms with Gasteiger partial charge in [-0.05, 0) is 37.7 Å². The zero-order valence-electron chi connectivity index (χ0n) is 18.8. The van der Waals surface area contributed by atoms with Crippen LogP contribution in [-0.4, -0.2) is 64.2 Å². The maximum atomic E-state index is 13.8. The number of fused-ring (bicyclic) bond motifs is 1. The quantitative estimate of drug-likeness (QED) is 0.562. The molecule has 0 saturated carbocycles. The van der Waals surface area contributed by atoms with Crippen LogP contribution in [0.15, 0.2) is 56.8 Å². The Hall–Kier alpha value is -3.04. The molecule has 1 aromatic heterocycles. The van der Waals surface area contributed by atoms with Crippen LogP contribution < -0.4 is 14.4 Å². The topological polar surface area (TPSA) is 85.1 Å². The summed E-state index contributed by atoms with van der Waals surface area (Å²) in [7, 11) is -3.96. The van der Waals surface area contributed by atoms with E-state index in [-0.39, 0.29) is 15.8 Å². The number of ether oxygens (including phenoxy) is 2. The van der Waals surface area contributed by atoms with Crippen LogP contribution >= 0.6 is 0 Å². The van der Waals surface area contributed by atoms with Gasteiger partial charge in [0, 0.05) is 37.8 Å². The third-order valence-corrected chi connectivity index (χ3v) is 7.68. The molecule has 2 aliphatic rings. The summed E-state index contributed by atoms with van der Waals surface area (Å²) in [6.07, 6.45) is 0. The number of aromatic nitrogens is 1. The fraction of sp³-hybridized carbons (Fsp3) is 0.375. The number of sulfone groups is 1. The molecule has 1 fully saturated rings. The summed E-state index contributed by atoms with van der Waals surface area (Å²) in [6, 6.07) is 12.4. The molecule has 0 amide bonds. The van der Waals surface area contributed by atoms with Crippen molar-refractivity contribution in [1.29, 1.82) is 0 Å². The smallest absolute Gasteiger partial charge is 0.236 e. The van der Waals surface area contributed by atoms with Gasteiger partial charge in [0.2, 0.25) is 26.6 Å². The maximum absolute atomic E-state index is 13.8. The van der Waals surface area contributed by atoms with Crippen molar-refractivity contribution in [3.8, 4) is 23.0 Å². The highest BCUT2D eigenvalue weighted by Gasteiger charge is 2.33. The Kier molecular flexibility index (Phi) is 5.76. The van der Waals surface area contributed by atoms with Gasteiger partial charge in [-0.15, -0.1) is 0 Å². The van der Waals surface area contributed by atoms with Gasteiger partial charge in [-0.1, -0.05) is 24.6 Å². The van der Waals surface area contributed by atoms with Gasteiger partial charge in [0.1, 0.15) is 13.2 Å². The zero-order chi connectivity index (χ0) is 23.0. The Morgan fingerprint density at radius 1 is 0.970 bits per heavy atom. The van der Waals surface area contributed by atoms with E-state index in [1.54, 1.807) is 6.07 Å². The third-order valence-electron chi connectivity index (χ3n) is 6.03. The second kappa shape index (κ2) is 8.72. The van der Waals surface area contributed by atoms with E-state index < -0.39 is 9.84 Å². The first-order valence-electron chi connectivity index (χ1n) is 11.2. The molecule has 9 heteroatoms. The van der Waals surface area contributed by atoms with E-state index in [1.807, 2.05) is 36.1 Å². The largest absolute Gasteiger partial charge is 0.486 e. The molecule has 0 N–H and O–H groups in total. The molecule has 2 aromatic carbocycles. The Morgan fingerprint density at radius 2 is 1.73 bits per heavy atom. The van der Waals surface area contributed by atoms with Crippen LogP contribution in [0, 0.1) is 6.92 Å². The molecule has 0 spiro atoms. The second-order valence-corrected chi connectivity index (χ2v) is 10.1. The number of hydrogen-bond donors (Lipinski definition) is 0. The first-order chi connectivity index (χ1) is 16.0. The number of piperazine rings is 1. The summed E-state index contributed by atoms with van der Waals surface area (Å²) in [4.78, 5) is 8.91. The first-order valence-corrected chi connectivity index (χ1v) is 12.6. The van der Waals surface area contributed by atoms with Gasteiger partial charge in [-0.3, -0.25) is 0 Å². The van der Waals surface area contributed by atoms with Crippen molar-refractivity contribution in [1.82, 2.24) is 9.88 Å². The molecule has 0 atom stereocenters. The molecule has 174 valence electrons. The van der Waals surface area contributed by atoms with Crippen molar-refractivity contribution in [3.63, 3.8) is 0 Å². The highest BCUT2D eigenvalue weighted by molar-refractivity contribution is 7.91. The van der Waals surface area contributed by atoms with Crippen LogP contribution in [-0.2, 0) is 9.84 Å². The lowest BCUT2D eigenvalue weighted by molar-refractivity contribution is 0.171. The van der Waals surface area contributed by atoms with E-state index >= 15 is 0 Å². The lowest BCUT2D eigenvalue weighted by Gasteiger charge is -2.33. The molecule has 3 aromatic rings. The summed E-state index contributed by atoms with van der Waals surface area (Å²) in [6.45, 7) is 8.88. The minimum absolute atomic E-state index is 0.0689. The monoisotopic (exact) mass is 469 g/mol. The molecule has 8 nitrogen and oxygen atoms in total. The summed E-state index contributed by atoms with van der Waals surface area (Å²) in [5, 5.41) is -0.0689. The Labute approximate surface area is 193 Å². The number of benzene rings is 2. The first kappa shape index (κ1) is 21.8. The molecule has 0 bridgehead atoms. The second-order valence-electron chi connectivity index (χ2n) is 8.23. The summed E-state index contributed by atoms with van der Waals surface area (Å²) in [5.41, 5.74) is 1.78. The van der Waals surface area contributed by atoms with Gasteiger partial charge in [0.25, 0.3) is 0 Å². The lowest BCUT2D eigenvalue weighted by atomic mass is 10.1. The van der Waals surface area contributed by atoms with E-state index in [0.29, 0.717) is 43.7 Å². The standard InChI is InChI=1S/C24H27N3O5S/c1-3-26-9-11-27(12-10-26)24-23(25-22(32-24)18-6-4-5-17(2)15-18)33(28,29)19-7-8-20-21(16-19)31-14-13-30-20/h4-8,15-16H,3,9-14H2,1-2H3. The van der Waals surface area contributed by atoms with E-state index in [4.69, 9.17) is 13.9 Å². The summed E-state index contributed by atoms with van der Waals surface area (Å²) < 4.78 is 44.8. The normalized spacial score (nSPS) is 16.7. The summed E-state index contributed by atoms with van der Waals surface area (Å²) in [5.74, 6) is 1.54. The van der Waals surface area contributed by atoms with Gasteiger partial charge in [0.15, 0.2) is 11.5 Å². The van der Waals surface area contributed by atoms with Gasteiger partial charge in [-0.2, -0.15) is 4.98 Å². The number of likely N-dealkylation sites (N-methyl/N-ethyl adjacent to an activating group) is 1. The number of hydrogen-bond acceptors (Lipinski definition) is 8. The zero-order valence-corrected chi connectivity index (χ0v) is 19.6. The van der Waals surface area contributed by atoms with Crippen molar-refractivity contribution >= 4 is 15.7 Å². The molecular weight excluding hydrogens is 442 g/mol. The van der Waals surface area contributed by atoms with Crippen LogP contribution in [0.25, 0.3) is 11.5 Å². The number of anilines is 1. The molecular formula is C24H27N3O5S. The number of aryl methyl sites for hydroxylation is 1. The predicted molar refractivity (Wildman–Crippen MR) is 124 cm³/mol. The highest BCUT2D eigenvalue weighted by atomic mass is 32.2. The van der Waals surface area contributed by atoms with E-state index in [2.05, 4.69) is 16.8 Å². The molecule has 33 heavy (non-hydrogen) atoms. The number of nitrogens with zero attached hydrogens (tertiary/aromatic N) is 3. The van der Waals surface area contributed by atoms with Crippen LogP contribution in [0.5, 0.6) is 11.5 Å². The molecule has 2 aliphatic heterocycles. The highest BCUT2D eigenvalue weighted by Crippen LogP contribution is 2.38.